The number of carboxylic acids is 1. The van der Waals surface area contributed by atoms with Gasteiger partial charge in [-0.15, -0.1) is 0 Å². The van der Waals surface area contributed by atoms with Gasteiger partial charge in [-0.1, -0.05) is 0 Å². The lowest BCUT2D eigenvalue weighted by Crippen LogP contribution is -2.46. The van der Waals surface area contributed by atoms with Crippen LogP contribution < -0.4 is 15.6 Å². The molecule has 0 saturated carbocycles. The van der Waals surface area contributed by atoms with Crippen molar-refractivity contribution in [3.8, 4) is 5.88 Å². The fraction of sp³-hybridized carbons (Fsp3) is 0.625. The van der Waals surface area contributed by atoms with Crippen LogP contribution >= 0.6 is 7.75 Å². The van der Waals surface area contributed by atoms with Crippen LogP contribution in [-0.4, -0.2) is 68.2 Å². The number of hydrogen-bond acceptors (Lipinski definition) is 10. The normalized spacial score (nSPS) is 32.8. The maximum atomic E-state index is 15.9. The molecule has 13 nitrogen and oxygen atoms in total. The minimum absolute atomic E-state index is 0.0830. The summed E-state index contributed by atoms with van der Waals surface area (Å²) in [7, 11) is -3.92. The summed E-state index contributed by atoms with van der Waals surface area (Å²) < 4.78 is 52.0. The Bertz CT molecular complexity index is 1050. The third kappa shape index (κ3) is 3.96. The number of carboxylic acid groups (broad SMARTS) is 1. The molecule has 0 bridgehead atoms. The number of carbonyl (C=O) groups is 1. The Hall–Kier alpha value is -2.38. The van der Waals surface area contributed by atoms with Crippen LogP contribution in [0.3, 0.4) is 0 Å². The first kappa shape index (κ1) is 21.8. The Balaban J connectivity index is 1.61. The van der Waals surface area contributed by atoms with Crippen LogP contribution in [0.15, 0.2) is 6.33 Å². The molecule has 170 valence electrons. The second kappa shape index (κ2) is 7.95. The van der Waals surface area contributed by atoms with E-state index in [4.69, 9.17) is 29.4 Å². The number of anilines is 1. The number of fused-ring (bicyclic) bond motifs is 2. The Kier molecular flexibility index (Phi) is 5.60. The minimum Gasteiger partial charge on any atom is -0.481 e. The van der Waals surface area contributed by atoms with E-state index in [1.54, 1.807) is 6.92 Å². The van der Waals surface area contributed by atoms with Crippen molar-refractivity contribution in [2.24, 2.45) is 0 Å². The van der Waals surface area contributed by atoms with Crippen molar-refractivity contribution >= 4 is 30.8 Å². The summed E-state index contributed by atoms with van der Waals surface area (Å²) in [5, 5.41) is 11.2. The van der Waals surface area contributed by atoms with E-state index in [0.717, 1.165) is 0 Å². The summed E-state index contributed by atoms with van der Waals surface area (Å²) >= 11 is 0. The SMILES string of the molecule is CCOc1nc(N)nc2c1ncn2[C@@H]1O[C@@H]2CO[P@@](=O)(NCCC(=O)O)O[C@H]2[C@@]1(C)F. The summed E-state index contributed by atoms with van der Waals surface area (Å²) in [4.78, 5) is 23.0. The smallest absolute Gasteiger partial charge is 0.406 e. The monoisotopic (exact) mass is 460 g/mol. The van der Waals surface area contributed by atoms with Gasteiger partial charge in [-0.05, 0) is 13.8 Å². The molecule has 2 fully saturated rings. The summed E-state index contributed by atoms with van der Waals surface area (Å²) in [5.74, 6) is -1.01. The van der Waals surface area contributed by atoms with Gasteiger partial charge in [-0.2, -0.15) is 9.97 Å². The number of nitrogens with one attached hydrogen (secondary N) is 1. The van der Waals surface area contributed by atoms with Crippen molar-refractivity contribution in [3.05, 3.63) is 6.33 Å². The molecule has 0 unspecified atom stereocenters. The van der Waals surface area contributed by atoms with Crippen LogP contribution in [0, 0.1) is 0 Å². The average Bonchev–Trinajstić information content (AvgIpc) is 3.20. The number of alkyl halides is 1. The lowest BCUT2D eigenvalue weighted by molar-refractivity contribution is -0.136. The van der Waals surface area contributed by atoms with Gasteiger partial charge in [0.1, 0.15) is 12.2 Å². The number of nitrogens with two attached hydrogens (primary N) is 1. The molecule has 15 heteroatoms. The molecular formula is C16H22FN6O7P. The lowest BCUT2D eigenvalue weighted by atomic mass is 9.98. The van der Waals surface area contributed by atoms with Crippen molar-refractivity contribution < 1.29 is 37.4 Å². The molecule has 0 radical (unpaired) electrons. The molecule has 4 rings (SSSR count). The van der Waals surface area contributed by atoms with Gasteiger partial charge in [0, 0.05) is 6.54 Å². The Morgan fingerprint density at radius 2 is 2.32 bits per heavy atom. The topological polar surface area (TPSA) is 173 Å². The van der Waals surface area contributed by atoms with E-state index in [9.17, 15) is 9.36 Å². The zero-order valence-electron chi connectivity index (χ0n) is 16.7. The van der Waals surface area contributed by atoms with Gasteiger partial charge >= 0.3 is 13.7 Å². The third-order valence-corrected chi connectivity index (χ3v) is 6.53. The highest BCUT2D eigenvalue weighted by atomic mass is 31.2. The van der Waals surface area contributed by atoms with Gasteiger partial charge in [-0.25, -0.2) is 19.0 Å². The van der Waals surface area contributed by atoms with E-state index in [-0.39, 0.29) is 42.6 Å². The Morgan fingerprint density at radius 1 is 1.55 bits per heavy atom. The molecule has 0 spiro atoms. The van der Waals surface area contributed by atoms with Crippen molar-refractivity contribution in [2.45, 2.75) is 44.4 Å². The zero-order chi connectivity index (χ0) is 22.4. The van der Waals surface area contributed by atoms with Gasteiger partial charge in [0.15, 0.2) is 23.1 Å². The number of aliphatic carboxylic acids is 1. The minimum atomic E-state index is -3.92. The van der Waals surface area contributed by atoms with Crippen molar-refractivity contribution in [2.75, 3.05) is 25.5 Å². The molecule has 0 aliphatic carbocycles. The number of rotatable bonds is 7. The zero-order valence-corrected chi connectivity index (χ0v) is 17.6. The molecule has 2 aromatic rings. The van der Waals surface area contributed by atoms with Gasteiger partial charge in [0.2, 0.25) is 11.8 Å². The number of imidazole rings is 1. The molecular weight excluding hydrogens is 438 g/mol. The molecule has 2 aliphatic rings. The van der Waals surface area contributed by atoms with Crippen molar-refractivity contribution in [3.63, 3.8) is 0 Å². The molecule has 5 atom stereocenters. The molecule has 31 heavy (non-hydrogen) atoms. The Morgan fingerprint density at radius 3 is 3.03 bits per heavy atom. The van der Waals surface area contributed by atoms with Crippen LogP contribution in [-0.2, 0) is 23.1 Å². The first-order chi connectivity index (χ1) is 14.6. The van der Waals surface area contributed by atoms with Crippen LogP contribution in [0.25, 0.3) is 11.2 Å². The maximum Gasteiger partial charge on any atom is 0.406 e. The van der Waals surface area contributed by atoms with Crippen LogP contribution in [0.5, 0.6) is 5.88 Å². The van der Waals surface area contributed by atoms with E-state index < -0.39 is 37.8 Å². The predicted molar refractivity (Wildman–Crippen MR) is 103 cm³/mol. The fourth-order valence-corrected chi connectivity index (χ4v) is 5.16. The lowest BCUT2D eigenvalue weighted by Gasteiger charge is -2.34. The Labute approximate surface area is 175 Å². The largest absolute Gasteiger partial charge is 0.481 e. The van der Waals surface area contributed by atoms with Crippen LogP contribution in [0.1, 0.15) is 26.5 Å². The highest BCUT2D eigenvalue weighted by Crippen LogP contribution is 2.56. The van der Waals surface area contributed by atoms with Gasteiger partial charge < -0.3 is 20.3 Å². The summed E-state index contributed by atoms with van der Waals surface area (Å²) in [6, 6.07) is 0. The number of aromatic nitrogens is 4. The molecule has 4 N–H and O–H groups in total. The molecule has 4 heterocycles. The summed E-state index contributed by atoms with van der Waals surface area (Å²) in [5.41, 5.74) is 4.07. The van der Waals surface area contributed by atoms with E-state index >= 15 is 4.39 Å². The number of ether oxygens (including phenoxy) is 2. The highest BCUT2D eigenvalue weighted by molar-refractivity contribution is 7.51. The predicted octanol–water partition coefficient (Wildman–Crippen LogP) is 1.02. The second-order valence-electron chi connectivity index (χ2n) is 7.19. The molecule has 0 amide bonds. The standard InChI is InChI=1S/C16H22FN6O7P/c1-3-27-13-10-12(21-15(18)22-13)23(7-19-10)14-16(2,17)11-8(29-14)6-28-31(26,30-11)20-5-4-9(24)25/h7-8,11,14H,3-6H2,1-2H3,(H,20,26)(H,24,25)(H2,18,21,22)/t8-,11-,14-,16-,31+/m1/s1. The number of hydrogen-bond donors (Lipinski definition) is 3. The molecule has 2 aromatic heterocycles. The second-order valence-corrected chi connectivity index (χ2v) is 8.97. The number of nitrogen functional groups attached to an aromatic ring is 1. The van der Waals surface area contributed by atoms with Crippen LogP contribution in [0.2, 0.25) is 0 Å². The third-order valence-electron chi connectivity index (χ3n) is 4.93. The van der Waals surface area contributed by atoms with Crippen molar-refractivity contribution in [1.82, 2.24) is 24.6 Å². The number of nitrogens with zero attached hydrogens (tertiary/aromatic N) is 4. The summed E-state index contributed by atoms with van der Waals surface area (Å²) in [6.45, 7) is 2.95. The maximum absolute atomic E-state index is 15.9. The summed E-state index contributed by atoms with van der Waals surface area (Å²) in [6.07, 6.45) is -2.34. The van der Waals surface area contributed by atoms with Gasteiger partial charge in [0.05, 0.1) is 26.0 Å². The first-order valence-corrected chi connectivity index (χ1v) is 11.1. The first-order valence-electron chi connectivity index (χ1n) is 9.51. The van der Waals surface area contributed by atoms with Gasteiger partial charge in [-0.3, -0.25) is 18.4 Å². The molecule has 2 saturated heterocycles. The quantitative estimate of drug-likeness (QED) is 0.501. The average molecular weight is 460 g/mol. The molecule has 0 aromatic carbocycles. The highest BCUT2D eigenvalue weighted by Gasteiger charge is 2.61. The van der Waals surface area contributed by atoms with Crippen molar-refractivity contribution in [1.29, 1.82) is 0 Å². The van der Waals surface area contributed by atoms with E-state index in [0.29, 0.717) is 6.61 Å². The van der Waals surface area contributed by atoms with E-state index in [2.05, 4.69) is 20.0 Å². The van der Waals surface area contributed by atoms with Crippen LogP contribution in [0.4, 0.5) is 10.3 Å². The van der Waals surface area contributed by atoms with E-state index in [1.165, 1.54) is 17.8 Å². The number of halogens is 1. The fourth-order valence-electron chi connectivity index (χ4n) is 3.56. The molecule has 2 aliphatic heterocycles. The van der Waals surface area contributed by atoms with Gasteiger partial charge in [0.25, 0.3) is 0 Å². The van der Waals surface area contributed by atoms with E-state index in [1.807, 2.05) is 0 Å².